The number of hydrogen-bond acceptors (Lipinski definition) is 8. The van der Waals surface area contributed by atoms with E-state index >= 15 is 0 Å². The van der Waals surface area contributed by atoms with Gasteiger partial charge in [0.15, 0.2) is 0 Å². The van der Waals surface area contributed by atoms with E-state index in [0.717, 1.165) is 5.69 Å². The quantitative estimate of drug-likeness (QED) is 0.484. The van der Waals surface area contributed by atoms with Crippen LogP contribution in [0.3, 0.4) is 0 Å². The summed E-state index contributed by atoms with van der Waals surface area (Å²) in [5, 5.41) is 14.3. The monoisotopic (exact) mass is 353 g/mol. The summed E-state index contributed by atoms with van der Waals surface area (Å²) in [6, 6.07) is 7.28. The minimum atomic E-state index is -0.629. The van der Waals surface area contributed by atoms with E-state index in [4.69, 9.17) is 11.5 Å². The topological polar surface area (TPSA) is 150 Å². The van der Waals surface area contributed by atoms with Crippen LogP contribution >= 0.6 is 0 Å². The molecule has 10 heteroatoms. The lowest BCUT2D eigenvalue weighted by Crippen LogP contribution is -2.26. The van der Waals surface area contributed by atoms with Crippen molar-refractivity contribution < 1.29 is 4.79 Å². The molecule has 10 nitrogen and oxygen atoms in total. The molecule has 0 aliphatic rings. The molecule has 134 valence electrons. The molecule has 0 bridgehead atoms. The molecule has 1 unspecified atom stereocenters. The Morgan fingerprint density at radius 3 is 2.77 bits per heavy atom. The smallest absolute Gasteiger partial charge is 0.254 e. The van der Waals surface area contributed by atoms with Crippen molar-refractivity contribution in [2.24, 2.45) is 11.5 Å². The van der Waals surface area contributed by atoms with Gasteiger partial charge in [0.05, 0.1) is 18.1 Å². The summed E-state index contributed by atoms with van der Waals surface area (Å²) in [5.41, 5.74) is 12.8. The number of aromatic nitrogens is 5. The zero-order valence-corrected chi connectivity index (χ0v) is 14.1. The van der Waals surface area contributed by atoms with Gasteiger partial charge in [-0.15, -0.1) is 0 Å². The highest BCUT2D eigenvalue weighted by Gasteiger charge is 2.13. The van der Waals surface area contributed by atoms with Gasteiger partial charge in [-0.2, -0.15) is 20.0 Å². The molecule has 0 saturated carbocycles. The first kappa shape index (κ1) is 17.3. The first-order valence-corrected chi connectivity index (χ1v) is 7.93. The standard InChI is InChI=1S/C16H19N9O/c1-10(17)8-19-16-20-9-13(14(18)26)15(24-16)23-11-3-2-4-12(7-11)25-21-5-6-22-25/h2-7,9-10H,8,17H2,1H3,(H2,18,26)(H2,19,20,23,24). The van der Waals surface area contributed by atoms with Gasteiger partial charge in [0.2, 0.25) is 5.95 Å². The van der Waals surface area contributed by atoms with Crippen LogP contribution < -0.4 is 22.1 Å². The van der Waals surface area contributed by atoms with Gasteiger partial charge in [0.1, 0.15) is 11.4 Å². The third kappa shape index (κ3) is 4.11. The van der Waals surface area contributed by atoms with Crippen molar-refractivity contribution in [1.82, 2.24) is 25.0 Å². The molecule has 3 aromatic rings. The molecule has 1 aromatic carbocycles. The van der Waals surface area contributed by atoms with E-state index in [1.165, 1.54) is 11.0 Å². The maximum absolute atomic E-state index is 11.7. The fourth-order valence-electron chi connectivity index (χ4n) is 2.19. The molecule has 6 N–H and O–H groups in total. The number of carbonyl (C=O) groups excluding carboxylic acids is 1. The first-order chi connectivity index (χ1) is 12.5. The second-order valence-electron chi connectivity index (χ2n) is 5.67. The van der Waals surface area contributed by atoms with Crippen molar-refractivity contribution in [3.05, 3.63) is 48.4 Å². The van der Waals surface area contributed by atoms with Gasteiger partial charge < -0.3 is 22.1 Å². The molecule has 0 radical (unpaired) electrons. The van der Waals surface area contributed by atoms with Gasteiger partial charge in [0.25, 0.3) is 5.91 Å². The molecule has 2 aromatic heterocycles. The van der Waals surface area contributed by atoms with Crippen molar-refractivity contribution in [3.63, 3.8) is 0 Å². The summed E-state index contributed by atoms with van der Waals surface area (Å²) in [6.07, 6.45) is 4.55. The number of rotatable bonds is 7. The van der Waals surface area contributed by atoms with Gasteiger partial charge in [-0.1, -0.05) is 6.07 Å². The predicted molar refractivity (Wildman–Crippen MR) is 97.3 cm³/mol. The van der Waals surface area contributed by atoms with Gasteiger partial charge in [-0.25, -0.2) is 4.98 Å². The number of hydrogen-bond donors (Lipinski definition) is 4. The Bertz CT molecular complexity index is 892. The Hall–Kier alpha value is -3.53. The van der Waals surface area contributed by atoms with E-state index in [9.17, 15) is 4.79 Å². The number of anilines is 3. The SMILES string of the molecule is CC(N)CNc1ncc(C(N)=O)c(Nc2cccc(-n3nccn3)c2)n1. The molecule has 26 heavy (non-hydrogen) atoms. The Morgan fingerprint density at radius 2 is 2.08 bits per heavy atom. The normalized spacial score (nSPS) is 11.8. The van der Waals surface area contributed by atoms with Crippen molar-refractivity contribution in [2.75, 3.05) is 17.2 Å². The molecule has 1 atom stereocenters. The van der Waals surface area contributed by atoms with Crippen LogP contribution in [0.25, 0.3) is 5.69 Å². The molecule has 1 amide bonds. The van der Waals surface area contributed by atoms with E-state index < -0.39 is 5.91 Å². The number of carbonyl (C=O) groups is 1. The maximum Gasteiger partial charge on any atom is 0.254 e. The molecule has 0 aliphatic heterocycles. The predicted octanol–water partition coefficient (Wildman–Crippen LogP) is 0.659. The highest BCUT2D eigenvalue weighted by molar-refractivity contribution is 5.98. The van der Waals surface area contributed by atoms with Crippen LogP contribution in [0.1, 0.15) is 17.3 Å². The summed E-state index contributed by atoms with van der Waals surface area (Å²) in [7, 11) is 0. The van der Waals surface area contributed by atoms with E-state index in [1.54, 1.807) is 12.4 Å². The maximum atomic E-state index is 11.7. The highest BCUT2D eigenvalue weighted by atomic mass is 16.1. The average Bonchev–Trinajstić information content (AvgIpc) is 3.15. The zero-order valence-electron chi connectivity index (χ0n) is 14.1. The molecule has 0 spiro atoms. The lowest BCUT2D eigenvalue weighted by atomic mass is 10.2. The van der Waals surface area contributed by atoms with Gasteiger partial charge in [-0.3, -0.25) is 4.79 Å². The average molecular weight is 353 g/mol. The first-order valence-electron chi connectivity index (χ1n) is 7.93. The van der Waals surface area contributed by atoms with Crippen molar-refractivity contribution in [2.45, 2.75) is 13.0 Å². The van der Waals surface area contributed by atoms with E-state index in [1.807, 2.05) is 31.2 Å². The fourth-order valence-corrected chi connectivity index (χ4v) is 2.19. The van der Waals surface area contributed by atoms with Crippen molar-refractivity contribution in [1.29, 1.82) is 0 Å². The largest absolute Gasteiger partial charge is 0.365 e. The van der Waals surface area contributed by atoms with Crippen LogP contribution in [0.4, 0.5) is 17.5 Å². The number of nitrogens with two attached hydrogens (primary N) is 2. The Morgan fingerprint density at radius 1 is 1.31 bits per heavy atom. The lowest BCUT2D eigenvalue weighted by Gasteiger charge is -2.13. The molecule has 0 saturated heterocycles. The number of amides is 1. The lowest BCUT2D eigenvalue weighted by molar-refractivity contribution is 0.100. The molecular weight excluding hydrogens is 334 g/mol. The molecule has 0 aliphatic carbocycles. The number of nitrogens with zero attached hydrogens (tertiary/aromatic N) is 5. The van der Waals surface area contributed by atoms with Crippen LogP contribution in [0.5, 0.6) is 0 Å². The molecule has 3 rings (SSSR count). The summed E-state index contributed by atoms with van der Waals surface area (Å²) in [4.78, 5) is 21.6. The highest BCUT2D eigenvalue weighted by Crippen LogP contribution is 2.21. The van der Waals surface area contributed by atoms with Gasteiger partial charge >= 0.3 is 0 Å². The third-order valence-electron chi connectivity index (χ3n) is 3.39. The van der Waals surface area contributed by atoms with Crippen LogP contribution in [0, 0.1) is 0 Å². The zero-order chi connectivity index (χ0) is 18.5. The van der Waals surface area contributed by atoms with Gasteiger partial charge in [0, 0.05) is 24.5 Å². The van der Waals surface area contributed by atoms with Crippen molar-refractivity contribution >= 4 is 23.4 Å². The van der Waals surface area contributed by atoms with Crippen LogP contribution in [0.2, 0.25) is 0 Å². The summed E-state index contributed by atoms with van der Waals surface area (Å²) >= 11 is 0. The van der Waals surface area contributed by atoms with Crippen LogP contribution in [-0.4, -0.2) is 43.5 Å². The Kier molecular flexibility index (Phi) is 5.04. The molecule has 2 heterocycles. The van der Waals surface area contributed by atoms with Gasteiger partial charge in [-0.05, 0) is 25.1 Å². The van der Waals surface area contributed by atoms with Crippen molar-refractivity contribution in [3.8, 4) is 5.69 Å². The van der Waals surface area contributed by atoms with E-state index in [2.05, 4.69) is 30.8 Å². The van der Waals surface area contributed by atoms with Crippen LogP contribution in [-0.2, 0) is 0 Å². The van der Waals surface area contributed by atoms with Crippen LogP contribution in [0.15, 0.2) is 42.9 Å². The number of benzene rings is 1. The molecular formula is C16H19N9O. The minimum absolute atomic E-state index is 0.0657. The summed E-state index contributed by atoms with van der Waals surface area (Å²) < 4.78 is 0. The Balaban J connectivity index is 1.89. The van der Waals surface area contributed by atoms with E-state index in [0.29, 0.717) is 24.0 Å². The fraction of sp³-hybridized carbons (Fsp3) is 0.188. The summed E-state index contributed by atoms with van der Waals surface area (Å²) in [6.45, 7) is 2.36. The number of primary amides is 1. The number of nitrogens with one attached hydrogen (secondary N) is 2. The minimum Gasteiger partial charge on any atom is -0.365 e. The second kappa shape index (κ2) is 7.57. The Labute approximate surface area is 149 Å². The third-order valence-corrected chi connectivity index (χ3v) is 3.39. The second-order valence-corrected chi connectivity index (χ2v) is 5.67. The molecule has 0 fully saturated rings. The van der Waals surface area contributed by atoms with E-state index in [-0.39, 0.29) is 11.6 Å². The summed E-state index contributed by atoms with van der Waals surface area (Å²) in [5.74, 6) is 0.0149.